The van der Waals surface area contributed by atoms with Crippen LogP contribution in [0.5, 0.6) is 0 Å². The number of nitrogens with two attached hydrogens (primary N) is 1. The average Bonchev–Trinajstić information content (AvgIpc) is 2.29. The van der Waals surface area contributed by atoms with Crippen molar-refractivity contribution in [2.24, 2.45) is 5.92 Å². The van der Waals surface area contributed by atoms with Crippen LogP contribution < -0.4 is 11.1 Å². The third kappa shape index (κ3) is 2.51. The van der Waals surface area contributed by atoms with Crippen LogP contribution in [-0.2, 0) is 0 Å². The first-order valence-electron chi connectivity index (χ1n) is 5.83. The molecule has 82 valence electrons. The largest absolute Gasteiger partial charge is 0.399 e. The molecule has 1 aromatic carbocycles. The van der Waals surface area contributed by atoms with Gasteiger partial charge in [0, 0.05) is 5.69 Å². The summed E-state index contributed by atoms with van der Waals surface area (Å²) in [4.78, 5) is 0. The Morgan fingerprint density at radius 2 is 2.33 bits per heavy atom. The first-order chi connectivity index (χ1) is 7.27. The van der Waals surface area contributed by atoms with Crippen molar-refractivity contribution in [3.63, 3.8) is 0 Å². The first kappa shape index (κ1) is 10.5. The Morgan fingerprint density at radius 1 is 1.47 bits per heavy atom. The summed E-state index contributed by atoms with van der Waals surface area (Å²) in [6, 6.07) is 8.31. The highest BCUT2D eigenvalue weighted by Crippen LogP contribution is 2.29. The van der Waals surface area contributed by atoms with E-state index in [1.54, 1.807) is 0 Å². The fourth-order valence-electron chi connectivity index (χ4n) is 2.42. The number of nitrogen functional groups attached to an aromatic ring is 1. The molecule has 1 aliphatic heterocycles. The summed E-state index contributed by atoms with van der Waals surface area (Å²) in [6.45, 7) is 4.64. The van der Waals surface area contributed by atoms with Crippen LogP contribution in [-0.4, -0.2) is 13.1 Å². The summed E-state index contributed by atoms with van der Waals surface area (Å²) in [5.41, 5.74) is 8.07. The quantitative estimate of drug-likeness (QED) is 0.726. The Hall–Kier alpha value is -1.02. The van der Waals surface area contributed by atoms with E-state index in [0.29, 0.717) is 5.92 Å². The molecule has 1 saturated heterocycles. The summed E-state index contributed by atoms with van der Waals surface area (Å²) in [7, 11) is 0. The molecule has 2 atom stereocenters. The van der Waals surface area contributed by atoms with E-state index in [-0.39, 0.29) is 0 Å². The third-order valence-corrected chi connectivity index (χ3v) is 3.48. The smallest absolute Gasteiger partial charge is 0.0316 e. The van der Waals surface area contributed by atoms with Gasteiger partial charge >= 0.3 is 0 Å². The number of benzene rings is 1. The number of nitrogens with one attached hydrogen (secondary N) is 1. The van der Waals surface area contributed by atoms with Crippen molar-refractivity contribution < 1.29 is 0 Å². The van der Waals surface area contributed by atoms with Crippen LogP contribution in [0.1, 0.15) is 31.2 Å². The zero-order valence-electron chi connectivity index (χ0n) is 9.37. The minimum atomic E-state index is 0.612. The molecule has 0 aromatic heterocycles. The maximum absolute atomic E-state index is 5.81. The number of rotatable bonds is 2. The standard InChI is InChI=1S/C13H20N2/c1-10(12-5-3-7-15-9-12)11-4-2-6-13(14)8-11/h2,4,6,8,10,12,15H,3,5,7,9,14H2,1H3. The van der Waals surface area contributed by atoms with Gasteiger partial charge in [-0.2, -0.15) is 0 Å². The molecule has 0 amide bonds. The van der Waals surface area contributed by atoms with Crippen LogP contribution in [0.2, 0.25) is 0 Å². The molecule has 1 aromatic rings. The third-order valence-electron chi connectivity index (χ3n) is 3.48. The van der Waals surface area contributed by atoms with Crippen molar-refractivity contribution in [2.75, 3.05) is 18.8 Å². The lowest BCUT2D eigenvalue weighted by atomic mass is 9.83. The van der Waals surface area contributed by atoms with E-state index in [1.807, 2.05) is 6.07 Å². The highest BCUT2D eigenvalue weighted by Gasteiger charge is 2.20. The second kappa shape index (κ2) is 4.67. The molecule has 2 unspecified atom stereocenters. The summed E-state index contributed by atoms with van der Waals surface area (Å²) in [5.74, 6) is 1.38. The Kier molecular flexibility index (Phi) is 3.27. The van der Waals surface area contributed by atoms with Crippen molar-refractivity contribution >= 4 is 5.69 Å². The molecular weight excluding hydrogens is 184 g/mol. The minimum absolute atomic E-state index is 0.612. The fourth-order valence-corrected chi connectivity index (χ4v) is 2.42. The summed E-state index contributed by atoms with van der Waals surface area (Å²) >= 11 is 0. The maximum Gasteiger partial charge on any atom is 0.0316 e. The molecule has 2 rings (SSSR count). The van der Waals surface area contributed by atoms with Gasteiger partial charge < -0.3 is 11.1 Å². The fraction of sp³-hybridized carbons (Fsp3) is 0.538. The highest BCUT2D eigenvalue weighted by atomic mass is 14.9. The van der Waals surface area contributed by atoms with Crippen molar-refractivity contribution in [1.29, 1.82) is 0 Å². The molecule has 1 aliphatic rings. The molecule has 15 heavy (non-hydrogen) atoms. The lowest BCUT2D eigenvalue weighted by molar-refractivity contribution is 0.334. The molecule has 1 fully saturated rings. The van der Waals surface area contributed by atoms with Gasteiger partial charge in [0.05, 0.1) is 0 Å². The van der Waals surface area contributed by atoms with Gasteiger partial charge in [0.25, 0.3) is 0 Å². The van der Waals surface area contributed by atoms with E-state index in [4.69, 9.17) is 5.73 Å². The highest BCUT2D eigenvalue weighted by molar-refractivity contribution is 5.41. The van der Waals surface area contributed by atoms with Gasteiger partial charge in [0.1, 0.15) is 0 Å². The topological polar surface area (TPSA) is 38.0 Å². The Labute approximate surface area is 91.9 Å². The van der Waals surface area contributed by atoms with Crippen molar-refractivity contribution in [3.8, 4) is 0 Å². The SMILES string of the molecule is CC(c1cccc(N)c1)C1CCCNC1. The minimum Gasteiger partial charge on any atom is -0.399 e. The van der Waals surface area contributed by atoms with Crippen LogP contribution in [0.3, 0.4) is 0 Å². The molecule has 0 aliphatic carbocycles. The zero-order chi connectivity index (χ0) is 10.7. The maximum atomic E-state index is 5.81. The molecule has 3 N–H and O–H groups in total. The Bertz CT molecular complexity index is 316. The molecule has 2 heteroatoms. The molecule has 1 heterocycles. The Morgan fingerprint density at radius 3 is 3.00 bits per heavy atom. The predicted molar refractivity (Wildman–Crippen MR) is 64.9 cm³/mol. The number of piperidine rings is 1. The van der Waals surface area contributed by atoms with Crippen LogP contribution in [0.4, 0.5) is 5.69 Å². The lowest BCUT2D eigenvalue weighted by Crippen LogP contribution is -2.32. The molecule has 2 nitrogen and oxygen atoms in total. The van der Waals surface area contributed by atoms with Gasteiger partial charge in [-0.3, -0.25) is 0 Å². The van der Waals surface area contributed by atoms with E-state index in [2.05, 4.69) is 30.4 Å². The van der Waals surface area contributed by atoms with E-state index >= 15 is 0 Å². The molecule has 0 saturated carbocycles. The van der Waals surface area contributed by atoms with E-state index < -0.39 is 0 Å². The number of hydrogen-bond acceptors (Lipinski definition) is 2. The number of anilines is 1. The van der Waals surface area contributed by atoms with Crippen molar-refractivity contribution in [1.82, 2.24) is 5.32 Å². The van der Waals surface area contributed by atoms with Crippen LogP contribution >= 0.6 is 0 Å². The molecule has 0 spiro atoms. The van der Waals surface area contributed by atoms with Gasteiger partial charge in [-0.25, -0.2) is 0 Å². The normalized spacial score (nSPS) is 23.7. The first-order valence-corrected chi connectivity index (χ1v) is 5.83. The van der Waals surface area contributed by atoms with Crippen LogP contribution in [0, 0.1) is 5.92 Å². The van der Waals surface area contributed by atoms with Crippen molar-refractivity contribution in [2.45, 2.75) is 25.7 Å². The lowest BCUT2D eigenvalue weighted by Gasteiger charge is -2.28. The summed E-state index contributed by atoms with van der Waals surface area (Å²) in [5, 5.41) is 3.47. The second-order valence-corrected chi connectivity index (χ2v) is 4.57. The second-order valence-electron chi connectivity index (χ2n) is 4.57. The summed E-state index contributed by atoms with van der Waals surface area (Å²) < 4.78 is 0. The Balaban J connectivity index is 2.08. The van der Waals surface area contributed by atoms with Crippen LogP contribution in [0.15, 0.2) is 24.3 Å². The number of hydrogen-bond donors (Lipinski definition) is 2. The van der Waals surface area contributed by atoms with Crippen LogP contribution in [0.25, 0.3) is 0 Å². The predicted octanol–water partition coefficient (Wildman–Crippen LogP) is 2.37. The van der Waals surface area contributed by atoms with Gasteiger partial charge in [-0.15, -0.1) is 0 Å². The van der Waals surface area contributed by atoms with E-state index in [1.165, 1.54) is 24.9 Å². The monoisotopic (exact) mass is 204 g/mol. The summed E-state index contributed by atoms with van der Waals surface area (Å²) in [6.07, 6.45) is 2.64. The average molecular weight is 204 g/mol. The van der Waals surface area contributed by atoms with Gasteiger partial charge in [-0.1, -0.05) is 19.1 Å². The van der Waals surface area contributed by atoms with Crippen molar-refractivity contribution in [3.05, 3.63) is 29.8 Å². The molecular formula is C13H20N2. The zero-order valence-corrected chi connectivity index (χ0v) is 9.37. The molecule has 0 bridgehead atoms. The van der Waals surface area contributed by atoms with Gasteiger partial charge in [-0.05, 0) is 55.5 Å². The van der Waals surface area contributed by atoms with Gasteiger partial charge in [0.15, 0.2) is 0 Å². The van der Waals surface area contributed by atoms with E-state index in [0.717, 1.165) is 18.2 Å². The van der Waals surface area contributed by atoms with E-state index in [9.17, 15) is 0 Å². The molecule has 0 radical (unpaired) electrons. The van der Waals surface area contributed by atoms with Gasteiger partial charge in [0.2, 0.25) is 0 Å².